The molecule has 1 aliphatic carbocycles. The van der Waals surface area contributed by atoms with Crippen molar-refractivity contribution in [1.82, 2.24) is 9.55 Å². The molecule has 0 spiro atoms. The maximum absolute atomic E-state index is 5.46. The number of hydrogen-bond acceptors (Lipinski definition) is 1. The molecule has 17 heavy (non-hydrogen) atoms. The molecule has 0 amide bonds. The van der Waals surface area contributed by atoms with Crippen LogP contribution in [-0.4, -0.2) is 9.55 Å². The second-order valence-electron chi connectivity index (χ2n) is 4.89. The van der Waals surface area contributed by atoms with E-state index in [-0.39, 0.29) is 0 Å². The van der Waals surface area contributed by atoms with E-state index in [9.17, 15) is 0 Å². The van der Waals surface area contributed by atoms with E-state index < -0.39 is 0 Å². The third-order valence-corrected chi connectivity index (χ3v) is 4.71. The third kappa shape index (κ3) is 1.87. The molecule has 1 unspecified atom stereocenters. The van der Waals surface area contributed by atoms with Crippen molar-refractivity contribution in [2.75, 3.05) is 0 Å². The van der Waals surface area contributed by atoms with Crippen LogP contribution in [0.5, 0.6) is 0 Å². The number of aromatic amines is 1. The van der Waals surface area contributed by atoms with Crippen molar-refractivity contribution in [3.05, 3.63) is 27.4 Å². The lowest BCUT2D eigenvalue weighted by molar-refractivity contribution is 0.224. The summed E-state index contributed by atoms with van der Waals surface area (Å²) in [5.41, 5.74) is 2.34. The van der Waals surface area contributed by atoms with E-state index >= 15 is 0 Å². The number of nitrogens with one attached hydrogen (secondary N) is 1. The lowest BCUT2D eigenvalue weighted by Crippen LogP contribution is -2.22. The number of fused-ring (bicyclic) bond motifs is 1. The van der Waals surface area contributed by atoms with Crippen LogP contribution < -0.4 is 0 Å². The zero-order valence-corrected chi connectivity index (χ0v) is 12.1. The van der Waals surface area contributed by atoms with Crippen molar-refractivity contribution in [1.29, 1.82) is 0 Å². The molecule has 2 aromatic rings. The zero-order valence-electron chi connectivity index (χ0n) is 9.74. The van der Waals surface area contributed by atoms with Crippen molar-refractivity contribution in [3.8, 4) is 0 Å². The van der Waals surface area contributed by atoms with Gasteiger partial charge in [0.15, 0.2) is 4.77 Å². The molecule has 1 fully saturated rings. The van der Waals surface area contributed by atoms with E-state index in [1.165, 1.54) is 24.8 Å². The number of rotatable bonds is 2. The first-order valence-electron chi connectivity index (χ1n) is 6.06. The smallest absolute Gasteiger partial charge is 0.178 e. The molecule has 1 atom stereocenters. The number of H-pyrrole nitrogens is 1. The number of nitrogens with zero attached hydrogens (tertiary/aromatic N) is 1. The molecule has 4 heteroatoms. The maximum Gasteiger partial charge on any atom is 0.178 e. The number of aromatic nitrogens is 2. The molecule has 90 valence electrons. The number of benzene rings is 1. The Labute approximate surface area is 114 Å². The Balaban J connectivity index is 2.14. The van der Waals surface area contributed by atoms with Gasteiger partial charge in [-0.1, -0.05) is 22.4 Å². The number of hydrogen-bond donors (Lipinski definition) is 1. The quantitative estimate of drug-likeness (QED) is 0.788. The van der Waals surface area contributed by atoms with Gasteiger partial charge in [0.2, 0.25) is 0 Å². The van der Waals surface area contributed by atoms with Crippen LogP contribution >= 0.6 is 28.1 Å². The summed E-state index contributed by atoms with van der Waals surface area (Å²) < 4.78 is 4.21. The van der Waals surface area contributed by atoms with Crippen LogP contribution in [0, 0.1) is 10.7 Å². The molecule has 1 aliphatic rings. The fourth-order valence-electron chi connectivity index (χ4n) is 2.64. The van der Waals surface area contributed by atoms with Crippen molar-refractivity contribution in [2.24, 2.45) is 5.92 Å². The predicted octanol–water partition coefficient (Wildman–Crippen LogP) is 4.82. The Morgan fingerprint density at radius 1 is 1.47 bits per heavy atom. The standard InChI is InChI=1S/C13H15BrN2S/c1-8(9-3-2-4-9)16-12-6-5-10(14)7-11(12)15-13(16)17/h5-9H,2-4H2,1H3,(H,15,17). The van der Waals surface area contributed by atoms with Crippen LogP contribution in [0.3, 0.4) is 0 Å². The molecule has 0 saturated heterocycles. The molecule has 0 bridgehead atoms. The van der Waals surface area contributed by atoms with E-state index in [0.29, 0.717) is 6.04 Å². The fourth-order valence-corrected chi connectivity index (χ4v) is 3.38. The van der Waals surface area contributed by atoms with E-state index in [4.69, 9.17) is 12.2 Å². The van der Waals surface area contributed by atoms with Gasteiger partial charge in [-0.3, -0.25) is 0 Å². The van der Waals surface area contributed by atoms with E-state index in [1.54, 1.807) is 0 Å². The highest BCUT2D eigenvalue weighted by atomic mass is 79.9. The first-order chi connectivity index (χ1) is 8.16. The summed E-state index contributed by atoms with van der Waals surface area (Å²) in [6, 6.07) is 6.82. The summed E-state index contributed by atoms with van der Waals surface area (Å²) in [6.45, 7) is 2.29. The van der Waals surface area contributed by atoms with Gasteiger partial charge >= 0.3 is 0 Å². The van der Waals surface area contributed by atoms with Gasteiger partial charge in [0.05, 0.1) is 11.0 Å². The number of halogens is 1. The molecule has 1 aromatic heterocycles. The SMILES string of the molecule is CC(C1CCC1)n1c(=S)[nH]c2cc(Br)ccc21. The van der Waals surface area contributed by atoms with Gasteiger partial charge in [-0.2, -0.15) is 0 Å². The van der Waals surface area contributed by atoms with Gasteiger partial charge in [-0.15, -0.1) is 0 Å². The molecule has 0 aliphatic heterocycles. The van der Waals surface area contributed by atoms with Gasteiger partial charge in [0.25, 0.3) is 0 Å². The second-order valence-corrected chi connectivity index (χ2v) is 6.20. The highest BCUT2D eigenvalue weighted by Gasteiger charge is 2.26. The predicted molar refractivity (Wildman–Crippen MR) is 76.9 cm³/mol. The summed E-state index contributed by atoms with van der Waals surface area (Å²) in [4.78, 5) is 3.30. The van der Waals surface area contributed by atoms with Gasteiger partial charge in [0.1, 0.15) is 0 Å². The van der Waals surface area contributed by atoms with Crippen LogP contribution in [0.2, 0.25) is 0 Å². The Bertz CT molecular complexity index is 609. The molecule has 1 aromatic carbocycles. The average Bonchev–Trinajstić information content (AvgIpc) is 2.50. The summed E-state index contributed by atoms with van der Waals surface area (Å²) in [6.07, 6.45) is 4.05. The lowest BCUT2D eigenvalue weighted by Gasteiger charge is -2.32. The summed E-state index contributed by atoms with van der Waals surface area (Å²) in [7, 11) is 0. The lowest BCUT2D eigenvalue weighted by atomic mass is 9.80. The Morgan fingerprint density at radius 3 is 2.88 bits per heavy atom. The van der Waals surface area contributed by atoms with Crippen LogP contribution in [0.4, 0.5) is 0 Å². The Hall–Kier alpha value is -0.610. The third-order valence-electron chi connectivity index (χ3n) is 3.92. The molecule has 1 N–H and O–H groups in total. The zero-order chi connectivity index (χ0) is 12.0. The number of imidazole rings is 1. The fraction of sp³-hybridized carbons (Fsp3) is 0.462. The first kappa shape index (κ1) is 11.5. The van der Waals surface area contributed by atoms with Crippen LogP contribution in [-0.2, 0) is 0 Å². The van der Waals surface area contributed by atoms with Gasteiger partial charge < -0.3 is 9.55 Å². The summed E-state index contributed by atoms with van der Waals surface area (Å²) in [5.74, 6) is 0.796. The minimum absolute atomic E-state index is 0.506. The van der Waals surface area contributed by atoms with Crippen LogP contribution in [0.15, 0.2) is 22.7 Å². The van der Waals surface area contributed by atoms with Gasteiger partial charge in [-0.05, 0) is 56.1 Å². The van der Waals surface area contributed by atoms with Crippen molar-refractivity contribution >= 4 is 39.2 Å². The minimum Gasteiger partial charge on any atom is -0.331 e. The molecular formula is C13H15BrN2S. The monoisotopic (exact) mass is 310 g/mol. The average molecular weight is 311 g/mol. The topological polar surface area (TPSA) is 20.7 Å². The molecule has 3 rings (SSSR count). The minimum atomic E-state index is 0.506. The van der Waals surface area contributed by atoms with E-state index in [2.05, 4.69) is 50.6 Å². The summed E-state index contributed by atoms with van der Waals surface area (Å²) >= 11 is 8.95. The van der Waals surface area contributed by atoms with Crippen LogP contribution in [0.1, 0.15) is 32.2 Å². The first-order valence-corrected chi connectivity index (χ1v) is 7.26. The maximum atomic E-state index is 5.46. The molecule has 2 nitrogen and oxygen atoms in total. The van der Waals surface area contributed by atoms with Crippen LogP contribution in [0.25, 0.3) is 11.0 Å². The van der Waals surface area contributed by atoms with Gasteiger partial charge in [0, 0.05) is 10.5 Å². The van der Waals surface area contributed by atoms with Crippen molar-refractivity contribution in [3.63, 3.8) is 0 Å². The molecule has 1 saturated carbocycles. The molecule has 0 radical (unpaired) electrons. The van der Waals surface area contributed by atoms with E-state index in [0.717, 1.165) is 20.7 Å². The Morgan fingerprint density at radius 2 is 2.24 bits per heavy atom. The second kappa shape index (κ2) is 4.25. The summed E-state index contributed by atoms with van der Waals surface area (Å²) in [5, 5.41) is 0. The largest absolute Gasteiger partial charge is 0.331 e. The Kier molecular flexibility index (Phi) is 2.87. The van der Waals surface area contributed by atoms with Crippen molar-refractivity contribution in [2.45, 2.75) is 32.2 Å². The van der Waals surface area contributed by atoms with Gasteiger partial charge in [-0.25, -0.2) is 0 Å². The molecule has 1 heterocycles. The van der Waals surface area contributed by atoms with Crippen molar-refractivity contribution < 1.29 is 0 Å². The highest BCUT2D eigenvalue weighted by Crippen LogP contribution is 2.37. The normalized spacial score (nSPS) is 18.2. The molecular weight excluding hydrogens is 296 g/mol. The highest BCUT2D eigenvalue weighted by molar-refractivity contribution is 9.10. The van der Waals surface area contributed by atoms with E-state index in [1.807, 2.05) is 0 Å².